The molecule has 0 aliphatic carbocycles. The molecular formula is C11H18N4OS. The summed E-state index contributed by atoms with van der Waals surface area (Å²) in [6.45, 7) is 6.48. The number of nitrogens with zero attached hydrogens (tertiary/aromatic N) is 3. The summed E-state index contributed by atoms with van der Waals surface area (Å²) in [4.78, 5) is 13.6. The highest BCUT2D eigenvalue weighted by atomic mass is 32.1. The van der Waals surface area contributed by atoms with E-state index >= 15 is 0 Å². The van der Waals surface area contributed by atoms with Crippen LogP contribution in [0.5, 0.6) is 0 Å². The SMILES string of the molecule is CCNc1nnc(CN2CC(CC)CC2=O)s1. The van der Waals surface area contributed by atoms with Gasteiger partial charge >= 0.3 is 0 Å². The van der Waals surface area contributed by atoms with Gasteiger partial charge in [0.2, 0.25) is 11.0 Å². The van der Waals surface area contributed by atoms with Crippen LogP contribution in [0.1, 0.15) is 31.7 Å². The fraction of sp³-hybridized carbons (Fsp3) is 0.727. The van der Waals surface area contributed by atoms with Gasteiger partial charge < -0.3 is 10.2 Å². The molecule has 2 rings (SSSR count). The third kappa shape index (κ3) is 2.94. The number of anilines is 1. The number of hydrogen-bond acceptors (Lipinski definition) is 5. The summed E-state index contributed by atoms with van der Waals surface area (Å²) in [6.07, 6.45) is 1.76. The number of carbonyl (C=O) groups is 1. The first kappa shape index (κ1) is 12.3. The molecule has 1 amide bonds. The molecule has 5 nitrogen and oxygen atoms in total. The van der Waals surface area contributed by atoms with Crippen LogP contribution in [-0.2, 0) is 11.3 Å². The van der Waals surface area contributed by atoms with E-state index in [2.05, 4.69) is 22.4 Å². The first-order chi connectivity index (χ1) is 8.22. The van der Waals surface area contributed by atoms with E-state index in [1.54, 1.807) is 0 Å². The summed E-state index contributed by atoms with van der Waals surface area (Å²) >= 11 is 1.53. The predicted molar refractivity (Wildman–Crippen MR) is 67.9 cm³/mol. The van der Waals surface area contributed by atoms with Crippen molar-refractivity contribution in [2.75, 3.05) is 18.4 Å². The first-order valence-electron chi connectivity index (χ1n) is 6.07. The second-order valence-electron chi connectivity index (χ2n) is 4.28. The minimum Gasteiger partial charge on any atom is -0.360 e. The second-order valence-corrected chi connectivity index (χ2v) is 5.35. The Labute approximate surface area is 105 Å². The largest absolute Gasteiger partial charge is 0.360 e. The molecule has 17 heavy (non-hydrogen) atoms. The minimum atomic E-state index is 0.247. The lowest BCUT2D eigenvalue weighted by atomic mass is 10.1. The molecule has 1 aliphatic rings. The second kappa shape index (κ2) is 5.44. The lowest BCUT2D eigenvalue weighted by Crippen LogP contribution is -2.24. The zero-order chi connectivity index (χ0) is 12.3. The van der Waals surface area contributed by atoms with Gasteiger partial charge in [0, 0.05) is 19.5 Å². The van der Waals surface area contributed by atoms with Crippen molar-refractivity contribution in [2.24, 2.45) is 5.92 Å². The van der Waals surface area contributed by atoms with Gasteiger partial charge in [0.05, 0.1) is 6.54 Å². The van der Waals surface area contributed by atoms with Crippen molar-refractivity contribution in [1.82, 2.24) is 15.1 Å². The van der Waals surface area contributed by atoms with Crippen molar-refractivity contribution in [2.45, 2.75) is 33.2 Å². The third-order valence-corrected chi connectivity index (χ3v) is 3.86. The van der Waals surface area contributed by atoms with Crippen LogP contribution < -0.4 is 5.32 Å². The number of rotatable bonds is 5. The topological polar surface area (TPSA) is 58.1 Å². The summed E-state index contributed by atoms with van der Waals surface area (Å²) < 4.78 is 0. The minimum absolute atomic E-state index is 0.247. The monoisotopic (exact) mass is 254 g/mol. The van der Waals surface area contributed by atoms with E-state index in [4.69, 9.17) is 0 Å². The average Bonchev–Trinajstić information content (AvgIpc) is 2.88. The van der Waals surface area contributed by atoms with Crippen LogP contribution in [0.4, 0.5) is 5.13 Å². The van der Waals surface area contributed by atoms with E-state index in [0.717, 1.165) is 29.6 Å². The number of hydrogen-bond donors (Lipinski definition) is 1. The molecule has 0 saturated carbocycles. The molecule has 1 saturated heterocycles. The van der Waals surface area contributed by atoms with Gasteiger partial charge in [-0.15, -0.1) is 10.2 Å². The van der Waals surface area contributed by atoms with Crippen LogP contribution in [0, 0.1) is 5.92 Å². The van der Waals surface area contributed by atoms with Gasteiger partial charge in [0.15, 0.2) is 0 Å². The Morgan fingerprint density at radius 2 is 2.29 bits per heavy atom. The van der Waals surface area contributed by atoms with Crippen molar-refractivity contribution in [3.63, 3.8) is 0 Å². The first-order valence-corrected chi connectivity index (χ1v) is 6.88. The van der Waals surface area contributed by atoms with E-state index in [9.17, 15) is 4.79 Å². The zero-order valence-corrected chi connectivity index (χ0v) is 11.1. The summed E-state index contributed by atoms with van der Waals surface area (Å²) in [5.41, 5.74) is 0. The Morgan fingerprint density at radius 3 is 2.94 bits per heavy atom. The lowest BCUT2D eigenvalue weighted by Gasteiger charge is -2.13. The highest BCUT2D eigenvalue weighted by Gasteiger charge is 2.28. The maximum Gasteiger partial charge on any atom is 0.223 e. The molecule has 1 atom stereocenters. The summed E-state index contributed by atoms with van der Waals surface area (Å²) in [7, 11) is 0. The maximum atomic E-state index is 11.7. The summed E-state index contributed by atoms with van der Waals surface area (Å²) in [5, 5.41) is 13.0. The van der Waals surface area contributed by atoms with Crippen molar-refractivity contribution in [1.29, 1.82) is 0 Å². The van der Waals surface area contributed by atoms with Gasteiger partial charge in [-0.1, -0.05) is 24.7 Å². The highest BCUT2D eigenvalue weighted by Crippen LogP contribution is 2.24. The molecule has 0 radical (unpaired) electrons. The van der Waals surface area contributed by atoms with Crippen LogP contribution in [0.3, 0.4) is 0 Å². The molecule has 1 fully saturated rings. The number of nitrogens with one attached hydrogen (secondary N) is 1. The van der Waals surface area contributed by atoms with E-state index in [1.165, 1.54) is 11.3 Å². The van der Waals surface area contributed by atoms with Gasteiger partial charge in [-0.25, -0.2) is 0 Å². The standard InChI is InChI=1S/C11H18N4OS/c1-3-8-5-10(16)15(6-8)7-9-13-14-11(17-9)12-4-2/h8H,3-7H2,1-2H3,(H,12,14). The summed E-state index contributed by atoms with van der Waals surface area (Å²) in [5.74, 6) is 0.765. The Morgan fingerprint density at radius 1 is 1.47 bits per heavy atom. The molecule has 1 N–H and O–H groups in total. The predicted octanol–water partition coefficient (Wildman–Crippen LogP) is 1.73. The molecule has 1 aromatic rings. The van der Waals surface area contributed by atoms with E-state index in [0.29, 0.717) is 18.9 Å². The molecule has 0 spiro atoms. The van der Waals surface area contributed by atoms with Crippen molar-refractivity contribution < 1.29 is 4.79 Å². The number of carbonyl (C=O) groups excluding carboxylic acids is 1. The molecular weight excluding hydrogens is 236 g/mol. The van der Waals surface area contributed by atoms with Crippen LogP contribution in [-0.4, -0.2) is 34.1 Å². The molecule has 1 aliphatic heterocycles. The molecule has 1 unspecified atom stereocenters. The summed E-state index contributed by atoms with van der Waals surface area (Å²) in [6, 6.07) is 0. The van der Waals surface area contributed by atoms with E-state index in [1.807, 2.05) is 11.8 Å². The molecule has 94 valence electrons. The van der Waals surface area contributed by atoms with E-state index < -0.39 is 0 Å². The lowest BCUT2D eigenvalue weighted by molar-refractivity contribution is -0.128. The average molecular weight is 254 g/mol. The molecule has 2 heterocycles. The zero-order valence-electron chi connectivity index (χ0n) is 10.3. The number of amides is 1. The van der Waals surface area contributed by atoms with Gasteiger partial charge in [0.25, 0.3) is 0 Å². The Hall–Kier alpha value is -1.17. The van der Waals surface area contributed by atoms with Gasteiger partial charge in [-0.2, -0.15) is 0 Å². The molecule has 0 bridgehead atoms. The quantitative estimate of drug-likeness (QED) is 0.869. The Kier molecular flexibility index (Phi) is 3.93. The van der Waals surface area contributed by atoms with Gasteiger partial charge in [0.1, 0.15) is 5.01 Å². The van der Waals surface area contributed by atoms with Crippen LogP contribution in [0.25, 0.3) is 0 Å². The van der Waals surface area contributed by atoms with Gasteiger partial charge in [-0.3, -0.25) is 4.79 Å². The molecule has 0 aromatic carbocycles. The van der Waals surface area contributed by atoms with Crippen molar-refractivity contribution in [3.8, 4) is 0 Å². The number of likely N-dealkylation sites (tertiary alicyclic amines) is 1. The maximum absolute atomic E-state index is 11.7. The fourth-order valence-electron chi connectivity index (χ4n) is 1.98. The smallest absolute Gasteiger partial charge is 0.223 e. The van der Waals surface area contributed by atoms with Gasteiger partial charge in [-0.05, 0) is 12.8 Å². The van der Waals surface area contributed by atoms with Crippen molar-refractivity contribution in [3.05, 3.63) is 5.01 Å². The molecule has 1 aromatic heterocycles. The van der Waals surface area contributed by atoms with Crippen LogP contribution in [0.2, 0.25) is 0 Å². The van der Waals surface area contributed by atoms with Crippen LogP contribution in [0.15, 0.2) is 0 Å². The van der Waals surface area contributed by atoms with Crippen LogP contribution >= 0.6 is 11.3 Å². The number of aromatic nitrogens is 2. The van der Waals surface area contributed by atoms with E-state index in [-0.39, 0.29) is 5.91 Å². The Bertz CT molecular complexity index is 393. The van der Waals surface area contributed by atoms with Crippen molar-refractivity contribution >= 4 is 22.4 Å². The normalized spacial score (nSPS) is 20.0. The Balaban J connectivity index is 1.93. The third-order valence-electron chi connectivity index (χ3n) is 2.99. The molecule has 6 heteroatoms. The fourth-order valence-corrected chi connectivity index (χ4v) is 2.81. The highest BCUT2D eigenvalue weighted by molar-refractivity contribution is 7.15.